The minimum absolute atomic E-state index is 0. The van der Waals surface area contributed by atoms with Crippen LogP contribution < -0.4 is 0 Å². The Bertz CT molecular complexity index is 4050. The van der Waals surface area contributed by atoms with Crippen LogP contribution in [0.15, 0.2) is 11.6 Å². The van der Waals surface area contributed by atoms with Gasteiger partial charge < -0.3 is 63.4 Å². The molecule has 20 aliphatic carbocycles. The molecule has 24 rings (SSSR count). The van der Waals surface area contributed by atoms with Crippen LogP contribution in [-0.4, -0.2) is 282 Å². The van der Waals surface area contributed by atoms with E-state index in [0.29, 0.717) is 143 Å². The lowest BCUT2D eigenvalue weighted by Crippen LogP contribution is -2.60. The number of aliphatic hydroxyl groups is 5. The molecule has 19 nitrogen and oxygen atoms in total. The molecule has 19 saturated carbocycles. The SMILES string of the molecule is CC[C@]12CCC(=O)C[C@H]1CC[C@@H]1[C@@H]2CC[C@]2(C)C(=O)CC[C@@H]12.CC[C@]12CCC3(C[C@H]1CC[C@@H]1[C@@H]2CC[C@@]2(C)[C@H]1CCC21OCCO1)OCCO3.C[C@]12CC[C@H]3[C@@H](CCC4=CC(=O)CC[C@@]43CO)[C@@H]1CCC2=O.C[C@]12CC[C@H]3[C@@H](CC[C@@H]4CC(=O)CC[C@@]43CO)[C@@H]1CCC2=O.C[C@]12CC[C@H]3[C@@H](CC[C@@H]4CC5(CC[C@@]43CO)OCCO5)[C@@H]1CCC21OCCO1.OCCO.[B].[B]B([B])[B].[B][B].[B][B]B([B])[B].[B][B][B]. The molecule has 4 spiro atoms. The minimum Gasteiger partial charge on any atom is -0.396 e. The van der Waals surface area contributed by atoms with Crippen LogP contribution in [0.1, 0.15) is 344 Å². The fourth-order valence-electron chi connectivity index (χ4n) is 39.0. The van der Waals surface area contributed by atoms with E-state index in [1.807, 2.05) is 6.08 Å². The first-order valence-electron chi connectivity index (χ1n) is 55.9. The lowest BCUT2D eigenvalue weighted by atomic mass is 8.97. The fourth-order valence-corrected chi connectivity index (χ4v) is 39.0. The molecule has 4 heterocycles. The van der Waals surface area contributed by atoms with E-state index in [-0.39, 0.29) is 107 Å². The number of Topliss-reactive ketones (excluding diaryl/α,β-unsaturated/α-hetero) is 5. The molecule has 751 valence electrons. The normalized spacial score (nSPS) is 44.5. The van der Waals surface area contributed by atoms with Gasteiger partial charge in [0.2, 0.25) is 0 Å². The van der Waals surface area contributed by atoms with Crippen LogP contribution in [0.5, 0.6) is 0 Å². The number of aliphatic hydroxyl groups excluding tert-OH is 5. The van der Waals surface area contributed by atoms with Gasteiger partial charge in [0.15, 0.2) is 28.9 Å². The lowest BCUT2D eigenvalue weighted by molar-refractivity contribution is -0.263. The van der Waals surface area contributed by atoms with Crippen molar-refractivity contribution in [3.8, 4) is 0 Å². The van der Waals surface area contributed by atoms with Crippen LogP contribution in [0.2, 0.25) is 0 Å². The van der Waals surface area contributed by atoms with Gasteiger partial charge in [0.05, 0.1) is 72.7 Å². The van der Waals surface area contributed by atoms with Crippen molar-refractivity contribution < 1.29 is 92.2 Å². The third-order valence-electron chi connectivity index (χ3n) is 45.6. The number of hydrogen-bond acceptors (Lipinski definition) is 19. The standard InChI is InChI=1S/C24H38O4.C23H36O5.C20H30O2.C19H28O3.C19H26O3.C2H6O2.B5.B4.B3.B2.B/c1-3-22-10-11-23(25-12-13-26-23)16-17(22)4-5-18-19-7-9-24(27-14-15-28-24)21(19,2)8-6-20(18)22;1-20-6-4-19-17(18(20)5-7-23(20)27-12-13-28-23)3-2-16-14-22(25-10-11-26-22)9-8-21(16,19)15-24;1-3-20-11-8-14(21)12-13(20)4-5-15-16-6-7-18(22)19(16,2)10-9-17(15)20;2*1-18-8-7-16-14(15(18)4-5-17(18)22)3-2-12-10-13(21)6-9-19(12,16)11-20;3-1-2-4;1-4-5(2)3;1-4(2)3;1-3-2;1-2;/h17-20H,3-16H2,1-2H3;16-19,24H,2-15H2,1H3;13,15-17H,3-12H2,1-2H3;12,14-16,20H,2-11H2,1H3;10,14-16,20H,2-9,11H2,1H3;3-4H,1-2H2;;;;;/t17-,18+,19+,20+,21+,22+;16-,17+,18+,19+,20+,21-;13-,15+,16+,17+,19+,20+;12-,14+,15+,16+,18+,19-;14-,15-,16-,18-,19+;;;;;;/m11110....../s1. The first-order chi connectivity index (χ1) is 67.0. The summed E-state index contributed by atoms with van der Waals surface area (Å²) >= 11 is 0. The van der Waals surface area contributed by atoms with Crippen molar-refractivity contribution in [3.63, 3.8) is 0 Å². The lowest BCUT2D eigenvalue weighted by Gasteiger charge is -2.63. The molecule has 29 atom stereocenters. The summed E-state index contributed by atoms with van der Waals surface area (Å²) in [5.74, 6) is 13.7. The summed E-state index contributed by atoms with van der Waals surface area (Å²) in [6, 6.07) is 0. The summed E-state index contributed by atoms with van der Waals surface area (Å²) in [6.07, 6.45) is 50.0. The molecule has 0 aromatic carbocycles. The highest BCUT2D eigenvalue weighted by atomic mass is 16.8. The largest absolute Gasteiger partial charge is 0.396 e. The first-order valence-corrected chi connectivity index (χ1v) is 55.9. The van der Waals surface area contributed by atoms with E-state index in [1.54, 1.807) is 0 Å². The van der Waals surface area contributed by atoms with E-state index in [1.165, 1.54) is 115 Å². The van der Waals surface area contributed by atoms with E-state index in [9.17, 15) is 44.1 Å². The summed E-state index contributed by atoms with van der Waals surface area (Å²) in [5.41, 5.74) is 2.18. The zero-order valence-corrected chi connectivity index (χ0v) is 87.4. The molecule has 4 aliphatic heterocycles. The summed E-state index contributed by atoms with van der Waals surface area (Å²) in [5, 5.41) is 46.5. The molecule has 5 N–H and O–H groups in total. The van der Waals surface area contributed by atoms with Crippen molar-refractivity contribution in [1.82, 2.24) is 0 Å². The molecular formula is C107H164B15O19. The van der Waals surface area contributed by atoms with E-state index in [0.717, 1.165) is 269 Å². The molecule has 0 amide bonds. The summed E-state index contributed by atoms with van der Waals surface area (Å²) in [6.45, 7) is 23.0. The van der Waals surface area contributed by atoms with Gasteiger partial charge in [-0.1, -0.05) is 54.0 Å². The highest BCUT2D eigenvalue weighted by Gasteiger charge is 2.73. The topological polar surface area (TPSA) is 277 Å². The second kappa shape index (κ2) is 46.6. The van der Waals surface area contributed by atoms with Gasteiger partial charge in [0.1, 0.15) is 28.9 Å². The molecule has 141 heavy (non-hydrogen) atoms. The van der Waals surface area contributed by atoms with Gasteiger partial charge in [0.25, 0.3) is 0 Å². The number of carbonyl (C=O) groups is 6. The van der Waals surface area contributed by atoms with Crippen molar-refractivity contribution in [2.24, 2.45) is 167 Å². The van der Waals surface area contributed by atoms with Crippen molar-refractivity contribution in [2.75, 3.05) is 85.9 Å². The van der Waals surface area contributed by atoms with Crippen LogP contribution in [0.4, 0.5) is 0 Å². The molecule has 0 bridgehead atoms. The zero-order chi connectivity index (χ0) is 101. The highest BCUT2D eigenvalue weighted by Crippen LogP contribution is 2.76. The number of carbonyl (C=O) groups excluding carboxylic acids is 6. The Labute approximate surface area is 865 Å². The van der Waals surface area contributed by atoms with Gasteiger partial charge in [-0.25, -0.2) is 0 Å². The second-order valence-electron chi connectivity index (χ2n) is 49.7. The van der Waals surface area contributed by atoms with Crippen LogP contribution in [0.25, 0.3) is 0 Å². The van der Waals surface area contributed by atoms with E-state index in [4.69, 9.17) is 71.3 Å². The van der Waals surface area contributed by atoms with E-state index >= 15 is 0 Å². The maximum Gasteiger partial charge on any atom is 0.174 e. The maximum absolute atomic E-state index is 12.4. The smallest absolute Gasteiger partial charge is 0.174 e. The van der Waals surface area contributed by atoms with Gasteiger partial charge in [-0.15, -0.1) is 0 Å². The molecule has 23 fully saturated rings. The average Bonchev–Trinajstić information content (AvgIpc) is 1.55. The van der Waals surface area contributed by atoms with Crippen LogP contribution in [-0.2, 0) is 66.7 Å². The predicted molar refractivity (Wildman–Crippen MR) is 561 cm³/mol. The van der Waals surface area contributed by atoms with Crippen LogP contribution in [0, 0.1) is 167 Å². The predicted octanol–water partition coefficient (Wildman–Crippen LogP) is 12.4. The Morgan fingerprint density at radius 1 is 0.348 bits per heavy atom. The number of rotatable bonds is 7. The van der Waals surface area contributed by atoms with Crippen molar-refractivity contribution in [3.05, 3.63) is 11.6 Å². The molecule has 0 aromatic heterocycles. The Kier molecular flexibility index (Phi) is 38.0. The van der Waals surface area contributed by atoms with E-state index < -0.39 is 12.8 Å². The van der Waals surface area contributed by atoms with Crippen LogP contribution >= 0.6 is 0 Å². The molecule has 34 heteroatoms. The third-order valence-corrected chi connectivity index (χ3v) is 45.6. The van der Waals surface area contributed by atoms with Crippen molar-refractivity contribution in [1.29, 1.82) is 0 Å². The van der Waals surface area contributed by atoms with Crippen LogP contribution in [0.3, 0.4) is 0 Å². The molecule has 0 aromatic rings. The second-order valence-corrected chi connectivity index (χ2v) is 49.7. The summed E-state index contributed by atoms with van der Waals surface area (Å²) in [4.78, 5) is 72.9. The van der Waals surface area contributed by atoms with E-state index in [2.05, 4.69) is 103 Å². The fraction of sp³-hybridized carbons (Fsp3) is 0.925. The van der Waals surface area contributed by atoms with Gasteiger partial charge in [-0.2, -0.15) is 0 Å². The molecular weight excluding hydrogens is 1750 g/mol. The summed E-state index contributed by atoms with van der Waals surface area (Å²) in [7, 11) is 47.8. The monoisotopic (exact) mass is 1920 g/mol. The molecule has 24 aliphatic rings. The van der Waals surface area contributed by atoms with Crippen molar-refractivity contribution in [2.45, 2.75) is 367 Å². The number of hydrogen-bond donors (Lipinski definition) is 5. The van der Waals surface area contributed by atoms with Gasteiger partial charge >= 0.3 is 0 Å². The third kappa shape index (κ3) is 20.4. The quantitative estimate of drug-likeness (QED) is 0.148. The van der Waals surface area contributed by atoms with Crippen molar-refractivity contribution >= 4 is 147 Å². The Morgan fingerprint density at radius 3 is 1.05 bits per heavy atom. The Hall–Kier alpha value is -1.79. The molecule has 0 unspecified atom stereocenters. The number of fused-ring (bicyclic) bond motifs is 27. The minimum atomic E-state index is -0.667. The van der Waals surface area contributed by atoms with Gasteiger partial charge in [-0.3, -0.25) is 28.8 Å². The average molecular weight is 1920 g/mol. The maximum atomic E-state index is 12.4. The van der Waals surface area contributed by atoms with Gasteiger partial charge in [0, 0.05) is 254 Å². The van der Waals surface area contributed by atoms with Gasteiger partial charge in [-0.05, 0) is 340 Å². The molecule has 25 radical (unpaired) electrons. The number of ketones is 6. The Morgan fingerprint density at radius 2 is 0.667 bits per heavy atom. The highest BCUT2D eigenvalue weighted by molar-refractivity contribution is 7.60. The molecule has 4 saturated heterocycles. The number of ether oxygens (including phenoxy) is 8. The zero-order valence-electron chi connectivity index (χ0n) is 87.4. The first kappa shape index (κ1) is 115. The Balaban J connectivity index is 0.000000134. The summed E-state index contributed by atoms with van der Waals surface area (Å²) < 4.78 is 49.6.